The number of carbonyl (C=O) groups is 1. The van der Waals surface area contributed by atoms with E-state index >= 15 is 0 Å². The summed E-state index contributed by atoms with van der Waals surface area (Å²) in [6, 6.07) is 7.78. The molecule has 23 heavy (non-hydrogen) atoms. The third-order valence-corrected chi connectivity index (χ3v) is 5.11. The number of hydrogen-bond acceptors (Lipinski definition) is 5. The molecular formula is C17H17N3OS2. The Hall–Kier alpha value is -2.05. The number of aryl methyl sites for hydroxylation is 2. The van der Waals surface area contributed by atoms with E-state index in [-0.39, 0.29) is 5.91 Å². The number of carbonyl (C=O) groups excluding carboxylic acids is 1. The van der Waals surface area contributed by atoms with Crippen molar-refractivity contribution in [2.24, 2.45) is 0 Å². The van der Waals surface area contributed by atoms with Crippen LogP contribution in [0.5, 0.6) is 0 Å². The van der Waals surface area contributed by atoms with Crippen molar-refractivity contribution in [3.05, 3.63) is 50.2 Å². The Bertz CT molecular complexity index is 834. The number of benzene rings is 1. The third-order valence-electron chi connectivity index (χ3n) is 3.32. The van der Waals surface area contributed by atoms with Crippen LogP contribution in [-0.4, -0.2) is 15.9 Å². The minimum atomic E-state index is -0.0663. The molecule has 0 saturated carbocycles. The summed E-state index contributed by atoms with van der Waals surface area (Å²) >= 11 is 3.38. The summed E-state index contributed by atoms with van der Waals surface area (Å²) < 4.78 is 0. The van der Waals surface area contributed by atoms with Crippen LogP contribution < -0.4 is 5.32 Å². The zero-order valence-electron chi connectivity index (χ0n) is 13.2. The first-order valence-corrected chi connectivity index (χ1v) is 8.96. The summed E-state index contributed by atoms with van der Waals surface area (Å²) in [5.74, 6) is -0.0663. The van der Waals surface area contributed by atoms with Gasteiger partial charge in [0.05, 0.1) is 21.4 Å². The first-order valence-electron chi connectivity index (χ1n) is 7.26. The van der Waals surface area contributed by atoms with Crippen LogP contribution in [0.1, 0.15) is 27.5 Å². The average molecular weight is 343 g/mol. The van der Waals surface area contributed by atoms with Crippen LogP contribution in [0, 0.1) is 13.8 Å². The largest absolute Gasteiger partial charge is 0.326 e. The van der Waals surface area contributed by atoms with E-state index in [9.17, 15) is 4.79 Å². The fraction of sp³-hybridized carbons (Fsp3) is 0.235. The maximum atomic E-state index is 11.1. The molecule has 0 bridgehead atoms. The van der Waals surface area contributed by atoms with E-state index in [1.54, 1.807) is 22.7 Å². The van der Waals surface area contributed by atoms with Gasteiger partial charge in [0, 0.05) is 34.9 Å². The highest BCUT2D eigenvalue weighted by molar-refractivity contribution is 7.12. The van der Waals surface area contributed by atoms with Crippen molar-refractivity contribution in [1.82, 2.24) is 9.97 Å². The molecule has 0 saturated heterocycles. The molecular weight excluding hydrogens is 326 g/mol. The number of amides is 1. The second kappa shape index (κ2) is 6.60. The number of thiazole rings is 2. The Morgan fingerprint density at radius 1 is 1.17 bits per heavy atom. The van der Waals surface area contributed by atoms with Crippen molar-refractivity contribution in [2.45, 2.75) is 27.2 Å². The molecule has 0 spiro atoms. The summed E-state index contributed by atoms with van der Waals surface area (Å²) in [4.78, 5) is 21.5. The smallest absolute Gasteiger partial charge is 0.221 e. The Morgan fingerprint density at radius 2 is 1.91 bits per heavy atom. The molecule has 0 aliphatic carbocycles. The Kier molecular flexibility index (Phi) is 4.54. The average Bonchev–Trinajstić information content (AvgIpc) is 3.05. The standard InChI is InChI=1S/C17H17N3OS2/c1-10-17(13-4-6-14(7-5-13)18-11(2)21)20-16(23-10)8-15-9-22-12(3)19-15/h4-7,9H,8H2,1-3H3,(H,18,21). The van der Waals surface area contributed by atoms with Crippen molar-refractivity contribution in [2.75, 3.05) is 5.32 Å². The van der Waals surface area contributed by atoms with Gasteiger partial charge in [-0.25, -0.2) is 9.97 Å². The van der Waals surface area contributed by atoms with Gasteiger partial charge in [-0.3, -0.25) is 4.79 Å². The molecule has 6 heteroatoms. The quantitative estimate of drug-likeness (QED) is 0.762. The van der Waals surface area contributed by atoms with Crippen LogP contribution in [-0.2, 0) is 11.2 Å². The van der Waals surface area contributed by atoms with Crippen LogP contribution in [0.3, 0.4) is 0 Å². The number of nitrogens with one attached hydrogen (secondary N) is 1. The second-order valence-electron chi connectivity index (χ2n) is 5.31. The zero-order valence-corrected chi connectivity index (χ0v) is 14.8. The number of aromatic nitrogens is 2. The molecule has 0 atom stereocenters. The summed E-state index contributed by atoms with van der Waals surface area (Å²) in [7, 11) is 0. The van der Waals surface area contributed by atoms with Crippen LogP contribution >= 0.6 is 22.7 Å². The maximum Gasteiger partial charge on any atom is 0.221 e. The van der Waals surface area contributed by atoms with Crippen molar-refractivity contribution in [3.8, 4) is 11.3 Å². The van der Waals surface area contributed by atoms with Gasteiger partial charge in [-0.1, -0.05) is 12.1 Å². The van der Waals surface area contributed by atoms with Gasteiger partial charge >= 0.3 is 0 Å². The van der Waals surface area contributed by atoms with Crippen molar-refractivity contribution in [1.29, 1.82) is 0 Å². The van der Waals surface area contributed by atoms with Crippen LogP contribution in [0.2, 0.25) is 0 Å². The van der Waals surface area contributed by atoms with Crippen molar-refractivity contribution >= 4 is 34.3 Å². The first kappa shape index (κ1) is 15.8. The molecule has 1 N–H and O–H groups in total. The van der Waals surface area contributed by atoms with Gasteiger partial charge < -0.3 is 5.32 Å². The van der Waals surface area contributed by atoms with Crippen molar-refractivity contribution < 1.29 is 4.79 Å². The van der Waals surface area contributed by atoms with E-state index in [0.717, 1.165) is 39.1 Å². The fourth-order valence-corrected chi connectivity index (χ4v) is 3.94. The van der Waals surface area contributed by atoms with E-state index in [1.165, 1.54) is 11.8 Å². The molecule has 2 aromatic heterocycles. The lowest BCUT2D eigenvalue weighted by molar-refractivity contribution is -0.114. The normalized spacial score (nSPS) is 10.7. The van der Waals surface area contributed by atoms with Crippen LogP contribution in [0.15, 0.2) is 29.6 Å². The minimum Gasteiger partial charge on any atom is -0.326 e. The summed E-state index contributed by atoms with van der Waals surface area (Å²) in [6.07, 6.45) is 0.778. The highest BCUT2D eigenvalue weighted by atomic mass is 32.1. The highest BCUT2D eigenvalue weighted by Gasteiger charge is 2.11. The summed E-state index contributed by atoms with van der Waals surface area (Å²) in [5.41, 5.74) is 3.95. The SMILES string of the molecule is CC(=O)Nc1ccc(-c2nc(Cc3csc(C)n3)sc2C)cc1. The first-order chi connectivity index (χ1) is 11.0. The molecule has 3 rings (SSSR count). The Balaban J connectivity index is 1.81. The fourth-order valence-electron chi connectivity index (χ4n) is 2.35. The van der Waals surface area contributed by atoms with Crippen LogP contribution in [0.4, 0.5) is 5.69 Å². The summed E-state index contributed by atoms with van der Waals surface area (Å²) in [6.45, 7) is 5.61. The lowest BCUT2D eigenvalue weighted by atomic mass is 10.1. The monoisotopic (exact) mass is 343 g/mol. The third kappa shape index (κ3) is 3.83. The predicted octanol–water partition coefficient (Wildman–Crippen LogP) is 4.43. The van der Waals surface area contributed by atoms with Gasteiger partial charge in [0.1, 0.15) is 0 Å². The lowest BCUT2D eigenvalue weighted by Crippen LogP contribution is -2.05. The number of anilines is 1. The molecule has 0 unspecified atom stereocenters. The minimum absolute atomic E-state index is 0.0663. The number of rotatable bonds is 4. The Labute approximate surface area is 143 Å². The molecule has 1 amide bonds. The summed E-state index contributed by atoms with van der Waals surface area (Å²) in [5, 5.41) is 7.03. The van der Waals surface area contributed by atoms with Crippen molar-refractivity contribution in [3.63, 3.8) is 0 Å². The molecule has 4 nitrogen and oxygen atoms in total. The van der Waals surface area contributed by atoms with Gasteiger partial charge in [0.25, 0.3) is 0 Å². The van der Waals surface area contributed by atoms with E-state index in [4.69, 9.17) is 4.98 Å². The number of hydrogen-bond donors (Lipinski definition) is 1. The highest BCUT2D eigenvalue weighted by Crippen LogP contribution is 2.29. The molecule has 0 aliphatic heterocycles. The molecule has 0 radical (unpaired) electrons. The van der Waals surface area contributed by atoms with E-state index in [1.807, 2.05) is 31.2 Å². The van der Waals surface area contributed by atoms with Gasteiger partial charge in [-0.15, -0.1) is 22.7 Å². The zero-order chi connectivity index (χ0) is 16.4. The topological polar surface area (TPSA) is 54.9 Å². The molecule has 2 heterocycles. The molecule has 3 aromatic rings. The van der Waals surface area contributed by atoms with E-state index < -0.39 is 0 Å². The van der Waals surface area contributed by atoms with Gasteiger partial charge in [-0.2, -0.15) is 0 Å². The number of nitrogens with zero attached hydrogens (tertiary/aromatic N) is 2. The van der Waals surface area contributed by atoms with Gasteiger partial charge in [-0.05, 0) is 26.0 Å². The molecule has 0 aliphatic rings. The lowest BCUT2D eigenvalue weighted by Gasteiger charge is -2.03. The van der Waals surface area contributed by atoms with Gasteiger partial charge in [0.15, 0.2) is 0 Å². The van der Waals surface area contributed by atoms with E-state index in [2.05, 4.69) is 22.6 Å². The van der Waals surface area contributed by atoms with Crippen LogP contribution in [0.25, 0.3) is 11.3 Å². The Morgan fingerprint density at radius 3 is 2.52 bits per heavy atom. The maximum absolute atomic E-state index is 11.1. The molecule has 1 aromatic carbocycles. The predicted molar refractivity (Wildman–Crippen MR) is 96.2 cm³/mol. The second-order valence-corrected chi connectivity index (χ2v) is 7.66. The van der Waals surface area contributed by atoms with Gasteiger partial charge in [0.2, 0.25) is 5.91 Å². The van der Waals surface area contributed by atoms with E-state index in [0.29, 0.717) is 0 Å². The molecule has 118 valence electrons. The molecule has 0 fully saturated rings.